The maximum atomic E-state index is 13.1. The second kappa shape index (κ2) is 11.7. The quantitative estimate of drug-likeness (QED) is 0.135. The molecule has 15 heteroatoms. The zero-order valence-corrected chi connectivity index (χ0v) is 20.5. The maximum absolute atomic E-state index is 13.1. The van der Waals surface area contributed by atoms with Crippen LogP contribution in [-0.2, 0) is 16.1 Å². The Bertz CT molecular complexity index is 1600. The fraction of sp³-hybridized carbons (Fsp3) is 0.292. The van der Waals surface area contributed by atoms with Crippen molar-refractivity contribution in [2.24, 2.45) is 5.11 Å². The minimum atomic E-state index is -0.915. The van der Waals surface area contributed by atoms with E-state index in [1.54, 1.807) is 12.1 Å². The molecule has 0 spiro atoms. The molecule has 14 nitrogen and oxygen atoms in total. The lowest BCUT2D eigenvalue weighted by molar-refractivity contribution is -0.110. The number of hydrogen-bond donors (Lipinski definition) is 2. The van der Waals surface area contributed by atoms with Crippen LogP contribution >= 0.6 is 0 Å². The SMILES string of the molecule is Cc1cn([C@H]2C[C@H](N=[N+]=[N-])[C@@H](CO)O2)c(=O)n(/C=C/C(=O)/C=C(\O)c2cn(Cc3ccc(F)cc3)nn2)c1=O. The first kappa shape index (κ1) is 27.2. The monoisotopic (exact) mass is 538 g/mol. The highest BCUT2D eigenvalue weighted by atomic mass is 19.1. The lowest BCUT2D eigenvalue weighted by Gasteiger charge is -2.16. The van der Waals surface area contributed by atoms with Gasteiger partial charge in [0.1, 0.15) is 23.5 Å². The van der Waals surface area contributed by atoms with Crippen LogP contribution < -0.4 is 11.2 Å². The van der Waals surface area contributed by atoms with Gasteiger partial charge >= 0.3 is 5.69 Å². The zero-order chi connectivity index (χ0) is 28.1. The highest BCUT2D eigenvalue weighted by Gasteiger charge is 2.36. The molecule has 2 N–H and O–H groups in total. The number of aliphatic hydroxyl groups excluding tert-OH is 2. The van der Waals surface area contributed by atoms with Gasteiger partial charge in [0, 0.05) is 41.4 Å². The molecule has 202 valence electrons. The third-order valence-electron chi connectivity index (χ3n) is 5.94. The van der Waals surface area contributed by atoms with Crippen molar-refractivity contribution in [3.63, 3.8) is 0 Å². The standard InChI is InChI=1S/C24H23FN8O6/c1-14-10-33(22-9-18(27-29-26)21(13-34)39-22)24(38)32(23(14)37)7-6-17(35)8-20(36)19-12-31(30-28-19)11-15-2-4-16(25)5-3-15/h2-8,10,12,18,21-22,34,36H,9,11,13H2,1H3/b7-6+,20-8-/t18-,21+,22+/m0/s1. The summed E-state index contributed by atoms with van der Waals surface area (Å²) in [5.41, 5.74) is 8.13. The van der Waals surface area contributed by atoms with Gasteiger partial charge in [-0.15, -0.1) is 5.10 Å². The number of nitrogens with zero attached hydrogens (tertiary/aromatic N) is 8. The second-order valence-corrected chi connectivity index (χ2v) is 8.67. The van der Waals surface area contributed by atoms with Crippen LogP contribution in [0.25, 0.3) is 22.4 Å². The predicted molar refractivity (Wildman–Crippen MR) is 135 cm³/mol. The Hall–Kier alpha value is -4.85. The van der Waals surface area contributed by atoms with Crippen molar-refractivity contribution in [1.29, 1.82) is 0 Å². The first-order valence-electron chi connectivity index (χ1n) is 11.6. The van der Waals surface area contributed by atoms with Gasteiger partial charge in [0.2, 0.25) is 0 Å². The molecule has 1 aromatic carbocycles. The fourth-order valence-electron chi connectivity index (χ4n) is 3.97. The molecule has 3 aromatic rings. The molecule has 4 rings (SSSR count). The number of carbonyl (C=O) groups excluding carboxylic acids is 1. The Morgan fingerprint density at radius 1 is 1.31 bits per heavy atom. The van der Waals surface area contributed by atoms with Crippen LogP contribution in [0.4, 0.5) is 4.39 Å². The van der Waals surface area contributed by atoms with E-state index in [0.29, 0.717) is 4.57 Å². The van der Waals surface area contributed by atoms with E-state index in [1.165, 1.54) is 36.1 Å². The number of rotatable bonds is 9. The summed E-state index contributed by atoms with van der Waals surface area (Å²) in [5, 5.41) is 31.0. The van der Waals surface area contributed by atoms with Crippen LogP contribution in [0.1, 0.15) is 29.5 Å². The lowest BCUT2D eigenvalue weighted by atomic mass is 10.1. The number of aliphatic hydroxyl groups is 2. The summed E-state index contributed by atoms with van der Waals surface area (Å²) in [7, 11) is 0. The third kappa shape index (κ3) is 6.18. The number of allylic oxidation sites excluding steroid dienone is 2. The van der Waals surface area contributed by atoms with E-state index in [4.69, 9.17) is 10.3 Å². The van der Waals surface area contributed by atoms with Crippen molar-refractivity contribution in [2.75, 3.05) is 6.61 Å². The fourth-order valence-corrected chi connectivity index (χ4v) is 3.97. The average Bonchev–Trinajstić information content (AvgIpc) is 3.55. The highest BCUT2D eigenvalue weighted by molar-refractivity contribution is 6.04. The minimum absolute atomic E-state index is 0.000317. The topological polar surface area (TPSA) is 190 Å². The Morgan fingerprint density at radius 2 is 2.05 bits per heavy atom. The number of halogens is 1. The molecule has 3 atom stereocenters. The molecule has 0 aliphatic carbocycles. The molecule has 1 aliphatic heterocycles. The summed E-state index contributed by atoms with van der Waals surface area (Å²) in [6, 6.07) is 5.04. The third-order valence-corrected chi connectivity index (χ3v) is 5.94. The Kier molecular flexibility index (Phi) is 8.15. The van der Waals surface area contributed by atoms with E-state index in [1.807, 2.05) is 0 Å². The molecule has 2 aromatic heterocycles. The second-order valence-electron chi connectivity index (χ2n) is 8.67. The molecule has 0 radical (unpaired) electrons. The first-order chi connectivity index (χ1) is 18.7. The number of carbonyl (C=O) groups is 1. The van der Waals surface area contributed by atoms with Gasteiger partial charge in [-0.2, -0.15) is 0 Å². The number of ether oxygens (including phenoxy) is 1. The number of azide groups is 1. The minimum Gasteiger partial charge on any atom is -0.505 e. The number of aromatic nitrogens is 5. The first-order valence-corrected chi connectivity index (χ1v) is 11.6. The molecule has 0 amide bonds. The number of benzene rings is 1. The van der Waals surface area contributed by atoms with Gasteiger partial charge in [0.15, 0.2) is 5.78 Å². The van der Waals surface area contributed by atoms with Crippen molar-refractivity contribution >= 4 is 17.7 Å². The predicted octanol–water partition coefficient (Wildman–Crippen LogP) is 1.69. The number of hydrogen-bond acceptors (Lipinski definition) is 9. The van der Waals surface area contributed by atoms with Crippen molar-refractivity contribution < 1.29 is 24.1 Å². The van der Waals surface area contributed by atoms with E-state index >= 15 is 0 Å². The van der Waals surface area contributed by atoms with Gasteiger partial charge in [-0.3, -0.25) is 14.2 Å². The Morgan fingerprint density at radius 3 is 2.74 bits per heavy atom. The Labute approximate surface area is 219 Å². The van der Waals surface area contributed by atoms with Gasteiger partial charge in [0.05, 0.1) is 31.5 Å². The molecule has 1 saturated heterocycles. The van der Waals surface area contributed by atoms with Gasteiger partial charge in [-0.1, -0.05) is 22.5 Å². The molecular weight excluding hydrogens is 515 g/mol. The summed E-state index contributed by atoms with van der Waals surface area (Å²) in [5.74, 6) is -1.62. The zero-order valence-electron chi connectivity index (χ0n) is 20.5. The summed E-state index contributed by atoms with van der Waals surface area (Å²) in [6.07, 6.45) is 3.76. The van der Waals surface area contributed by atoms with E-state index < -0.39 is 47.8 Å². The largest absolute Gasteiger partial charge is 0.505 e. The molecule has 0 saturated carbocycles. The summed E-state index contributed by atoms with van der Waals surface area (Å²) >= 11 is 0. The molecule has 1 aliphatic rings. The van der Waals surface area contributed by atoms with E-state index in [2.05, 4.69) is 20.3 Å². The van der Waals surface area contributed by atoms with Crippen LogP contribution in [-0.4, -0.2) is 58.9 Å². The molecular formula is C24H23FN8O6. The molecule has 0 unspecified atom stereocenters. The highest BCUT2D eigenvalue weighted by Crippen LogP contribution is 2.29. The number of ketones is 1. The van der Waals surface area contributed by atoms with E-state index in [-0.39, 0.29) is 30.0 Å². The summed E-state index contributed by atoms with van der Waals surface area (Å²) in [6.45, 7) is 1.29. The molecule has 3 heterocycles. The number of aryl methyl sites for hydroxylation is 1. The van der Waals surface area contributed by atoms with Gasteiger partial charge in [-0.05, 0) is 30.2 Å². The van der Waals surface area contributed by atoms with Crippen molar-refractivity contribution in [2.45, 2.75) is 38.3 Å². The van der Waals surface area contributed by atoms with Crippen LogP contribution in [0.3, 0.4) is 0 Å². The maximum Gasteiger partial charge on any atom is 0.337 e. The van der Waals surface area contributed by atoms with Crippen LogP contribution in [0.15, 0.2) is 63.5 Å². The van der Waals surface area contributed by atoms with Gasteiger partial charge in [0.25, 0.3) is 5.56 Å². The summed E-state index contributed by atoms with van der Waals surface area (Å²) in [4.78, 5) is 40.8. The van der Waals surface area contributed by atoms with Crippen LogP contribution in [0, 0.1) is 12.7 Å². The van der Waals surface area contributed by atoms with Crippen molar-refractivity contribution in [1.82, 2.24) is 24.1 Å². The smallest absolute Gasteiger partial charge is 0.337 e. The normalized spacial score (nSPS) is 19.4. The average molecular weight is 538 g/mol. The van der Waals surface area contributed by atoms with Crippen LogP contribution in [0.2, 0.25) is 0 Å². The van der Waals surface area contributed by atoms with Gasteiger partial charge in [-0.25, -0.2) is 18.4 Å². The summed E-state index contributed by atoms with van der Waals surface area (Å²) < 4.78 is 21.9. The molecule has 1 fully saturated rings. The van der Waals surface area contributed by atoms with Gasteiger partial charge < -0.3 is 14.9 Å². The Balaban J connectivity index is 1.51. The molecule has 39 heavy (non-hydrogen) atoms. The van der Waals surface area contributed by atoms with E-state index in [9.17, 15) is 29.0 Å². The van der Waals surface area contributed by atoms with E-state index in [0.717, 1.165) is 28.5 Å². The molecule has 0 bridgehead atoms. The van der Waals surface area contributed by atoms with Crippen molar-refractivity contribution in [3.05, 3.63) is 103 Å². The van der Waals surface area contributed by atoms with Crippen LogP contribution in [0.5, 0.6) is 0 Å². The van der Waals surface area contributed by atoms with Crippen molar-refractivity contribution in [3.8, 4) is 0 Å². The lowest BCUT2D eigenvalue weighted by Crippen LogP contribution is -2.39.